The summed E-state index contributed by atoms with van der Waals surface area (Å²) in [6.07, 6.45) is 2.78. The van der Waals surface area contributed by atoms with Crippen molar-refractivity contribution in [3.8, 4) is 5.75 Å². The fourth-order valence-electron chi connectivity index (χ4n) is 4.69. The lowest BCUT2D eigenvalue weighted by Crippen LogP contribution is -2.61. The Hall–Kier alpha value is -3.52. The van der Waals surface area contributed by atoms with Crippen molar-refractivity contribution in [3.63, 3.8) is 0 Å². The number of ketones is 1. The molecule has 31 heavy (non-hydrogen) atoms. The fraction of sp³-hybridized carbons (Fsp3) is 0.304. The van der Waals surface area contributed by atoms with E-state index in [1.807, 2.05) is 19.9 Å². The van der Waals surface area contributed by atoms with Crippen molar-refractivity contribution in [1.82, 2.24) is 5.32 Å². The number of nitrogen functional groups attached to an aromatic ring is 1. The molecule has 5 rings (SSSR count). The second-order valence-corrected chi connectivity index (χ2v) is 8.45. The molecule has 0 spiro atoms. The van der Waals surface area contributed by atoms with Gasteiger partial charge < -0.3 is 31.0 Å². The zero-order valence-corrected chi connectivity index (χ0v) is 17.2. The Morgan fingerprint density at radius 2 is 2.00 bits per heavy atom. The minimum Gasteiger partial charge on any atom is -0.454 e. The van der Waals surface area contributed by atoms with Crippen molar-refractivity contribution >= 4 is 17.6 Å². The third-order valence-electron chi connectivity index (χ3n) is 6.28. The van der Waals surface area contributed by atoms with E-state index in [4.69, 9.17) is 20.6 Å². The highest BCUT2D eigenvalue weighted by atomic mass is 16.6. The van der Waals surface area contributed by atoms with Crippen LogP contribution in [0.4, 0.5) is 5.88 Å². The molecule has 2 atom stereocenters. The number of nitrogens with one attached hydrogen (secondary N) is 1. The minimum absolute atomic E-state index is 0.0589. The van der Waals surface area contributed by atoms with Gasteiger partial charge in [-0.1, -0.05) is 32.1 Å². The van der Waals surface area contributed by atoms with Crippen molar-refractivity contribution < 1.29 is 23.8 Å². The summed E-state index contributed by atoms with van der Waals surface area (Å²) in [6, 6.07) is 8.20. The van der Waals surface area contributed by atoms with E-state index in [0.717, 1.165) is 5.56 Å². The highest BCUT2D eigenvalue weighted by molar-refractivity contribution is 6.16. The third-order valence-corrected chi connectivity index (χ3v) is 6.28. The van der Waals surface area contributed by atoms with E-state index in [1.165, 1.54) is 12.1 Å². The van der Waals surface area contributed by atoms with Crippen molar-refractivity contribution in [2.24, 2.45) is 5.73 Å². The molecule has 0 bridgehead atoms. The number of fused-ring (bicyclic) bond motifs is 5. The molecule has 2 aromatic rings. The second-order valence-electron chi connectivity index (χ2n) is 8.45. The van der Waals surface area contributed by atoms with Gasteiger partial charge in [-0.05, 0) is 36.5 Å². The van der Waals surface area contributed by atoms with Crippen molar-refractivity contribution in [2.75, 3.05) is 5.73 Å². The maximum Gasteiger partial charge on any atom is 0.288 e. The number of carbonyl (C=O) groups excluding carboxylic acids is 2. The number of hydrogen-bond donors (Lipinski definition) is 4. The number of amides is 1. The number of anilines is 1. The summed E-state index contributed by atoms with van der Waals surface area (Å²) < 4.78 is 11.3. The van der Waals surface area contributed by atoms with Gasteiger partial charge in [0.05, 0.1) is 0 Å². The molecule has 6 N–H and O–H groups in total. The van der Waals surface area contributed by atoms with Crippen molar-refractivity contribution in [2.45, 2.75) is 43.9 Å². The van der Waals surface area contributed by atoms with Crippen molar-refractivity contribution in [1.29, 1.82) is 0 Å². The van der Waals surface area contributed by atoms with E-state index in [2.05, 4.69) is 5.32 Å². The summed E-state index contributed by atoms with van der Waals surface area (Å²) in [5.74, 6) is -2.82. The standard InChI is InChI=1S/C23H23N3O5/c1-11(2)12-6-7-13-17(10-12)31-23(29)14-4-3-5-15(24)19(14)20(27)22(13,23)26-21(28)16-8-9-18(25)30-16/h4,6-11,29H,3,5,24-25H2,1-2H3,(H,26,28). The number of rotatable bonds is 3. The van der Waals surface area contributed by atoms with E-state index in [-0.39, 0.29) is 28.7 Å². The number of furan rings is 1. The van der Waals surface area contributed by atoms with Gasteiger partial charge in [0.25, 0.3) is 11.7 Å². The molecule has 3 aliphatic rings. The van der Waals surface area contributed by atoms with E-state index in [9.17, 15) is 14.7 Å². The molecule has 1 aliphatic heterocycles. The summed E-state index contributed by atoms with van der Waals surface area (Å²) >= 11 is 0. The Balaban J connectivity index is 1.73. The molecule has 0 saturated heterocycles. The predicted molar refractivity (Wildman–Crippen MR) is 112 cm³/mol. The molecule has 0 radical (unpaired) electrons. The van der Waals surface area contributed by atoms with Gasteiger partial charge in [0.1, 0.15) is 5.75 Å². The molecule has 160 valence electrons. The van der Waals surface area contributed by atoms with Crippen LogP contribution in [0.25, 0.3) is 0 Å². The summed E-state index contributed by atoms with van der Waals surface area (Å²) in [4.78, 5) is 26.9. The first-order chi connectivity index (χ1) is 14.7. The van der Waals surface area contributed by atoms with Crippen molar-refractivity contribution in [3.05, 3.63) is 70.1 Å². The molecule has 2 unspecified atom stereocenters. The number of hydrogen-bond acceptors (Lipinski definition) is 7. The van der Waals surface area contributed by atoms with Gasteiger partial charge in [0.15, 0.2) is 11.6 Å². The topological polar surface area (TPSA) is 141 Å². The largest absolute Gasteiger partial charge is 0.454 e. The molecule has 1 fully saturated rings. The number of benzene rings is 1. The summed E-state index contributed by atoms with van der Waals surface area (Å²) in [7, 11) is 0. The average molecular weight is 421 g/mol. The lowest BCUT2D eigenvalue weighted by Gasteiger charge is -2.33. The predicted octanol–water partition coefficient (Wildman–Crippen LogP) is 2.21. The first-order valence-corrected chi connectivity index (χ1v) is 10.2. The number of carbonyl (C=O) groups is 2. The first-order valence-electron chi connectivity index (χ1n) is 10.2. The summed E-state index contributed by atoms with van der Waals surface area (Å²) in [5.41, 5.74) is 12.1. The van der Waals surface area contributed by atoms with Gasteiger partial charge >= 0.3 is 0 Å². The van der Waals surface area contributed by atoms with Crippen LogP contribution in [-0.2, 0) is 10.3 Å². The zero-order valence-electron chi connectivity index (χ0n) is 17.2. The number of allylic oxidation sites excluding steroid dienone is 2. The fourth-order valence-corrected chi connectivity index (χ4v) is 4.69. The average Bonchev–Trinajstić information content (AvgIpc) is 3.32. The van der Waals surface area contributed by atoms with Crippen LogP contribution < -0.4 is 21.5 Å². The second kappa shape index (κ2) is 6.24. The summed E-state index contributed by atoms with van der Waals surface area (Å²) in [5, 5.41) is 14.6. The van der Waals surface area contributed by atoms with Crippen LogP contribution >= 0.6 is 0 Å². The number of Topliss-reactive ketones (excluding diaryl/α,β-unsaturated/α-hetero) is 1. The molecule has 8 heteroatoms. The highest BCUT2D eigenvalue weighted by Crippen LogP contribution is 2.59. The minimum atomic E-state index is -2.13. The zero-order chi connectivity index (χ0) is 22.1. The van der Waals surface area contributed by atoms with E-state index >= 15 is 0 Å². The smallest absolute Gasteiger partial charge is 0.288 e. The van der Waals surface area contributed by atoms with Crippen LogP contribution in [0.5, 0.6) is 5.75 Å². The van der Waals surface area contributed by atoms with Crippen LogP contribution in [0.15, 0.2) is 57.7 Å². The molecular formula is C23H23N3O5. The van der Waals surface area contributed by atoms with Crippen LogP contribution in [-0.4, -0.2) is 22.6 Å². The Morgan fingerprint density at radius 1 is 1.23 bits per heavy atom. The van der Waals surface area contributed by atoms with Gasteiger partial charge in [-0.25, -0.2) is 0 Å². The van der Waals surface area contributed by atoms with Crippen LogP contribution in [0.1, 0.15) is 54.3 Å². The highest BCUT2D eigenvalue weighted by Gasteiger charge is 2.74. The van der Waals surface area contributed by atoms with Gasteiger partial charge in [-0.3, -0.25) is 9.59 Å². The molecule has 8 nitrogen and oxygen atoms in total. The third kappa shape index (κ3) is 2.39. The Kier molecular flexibility index (Phi) is 3.92. The van der Waals surface area contributed by atoms with Crippen LogP contribution in [0.3, 0.4) is 0 Å². The van der Waals surface area contributed by atoms with Crippen LogP contribution in [0.2, 0.25) is 0 Å². The molecule has 1 amide bonds. The lowest BCUT2D eigenvalue weighted by molar-refractivity contribution is -0.152. The van der Waals surface area contributed by atoms with Gasteiger partial charge in [0.2, 0.25) is 11.3 Å². The first kappa shape index (κ1) is 19.4. The molecule has 1 aromatic heterocycles. The number of nitrogens with two attached hydrogens (primary N) is 2. The van der Waals surface area contributed by atoms with Crippen LogP contribution in [0, 0.1) is 0 Å². The van der Waals surface area contributed by atoms with E-state index < -0.39 is 23.0 Å². The molecule has 1 aromatic carbocycles. The molecular weight excluding hydrogens is 398 g/mol. The lowest BCUT2D eigenvalue weighted by atomic mass is 9.83. The number of ether oxygens (including phenoxy) is 1. The maximum atomic E-state index is 13.8. The van der Waals surface area contributed by atoms with E-state index in [1.54, 1.807) is 18.2 Å². The quantitative estimate of drug-likeness (QED) is 0.595. The maximum absolute atomic E-state index is 13.8. The monoisotopic (exact) mass is 421 g/mol. The molecule has 2 heterocycles. The van der Waals surface area contributed by atoms with Gasteiger partial charge in [-0.15, -0.1) is 0 Å². The summed E-state index contributed by atoms with van der Waals surface area (Å²) in [6.45, 7) is 4.06. The number of aliphatic hydroxyl groups is 1. The Labute approximate surface area is 178 Å². The molecule has 2 aliphatic carbocycles. The molecule has 1 saturated carbocycles. The van der Waals surface area contributed by atoms with E-state index in [0.29, 0.717) is 29.9 Å². The Bertz CT molecular complexity index is 1210. The Morgan fingerprint density at radius 3 is 2.68 bits per heavy atom. The van der Waals surface area contributed by atoms with Gasteiger partial charge in [0, 0.05) is 28.5 Å². The normalized spacial score (nSPS) is 26.3. The van der Waals surface area contributed by atoms with Gasteiger partial charge in [-0.2, -0.15) is 0 Å². The SMILES string of the molecule is CC(C)c1ccc2c(c1)OC1(O)C3=CCCC(N)=C3C(=O)C21NC(=O)c1ccc(N)o1.